The normalized spacial score (nSPS) is 14.4. The minimum atomic E-state index is 1.17. The van der Waals surface area contributed by atoms with E-state index in [1.165, 1.54) is 10.3 Å². The summed E-state index contributed by atoms with van der Waals surface area (Å²) in [5.41, 5.74) is 0. The van der Waals surface area contributed by atoms with Gasteiger partial charge in [0, 0.05) is 0 Å². The van der Waals surface area contributed by atoms with Crippen LogP contribution in [0.2, 0.25) is 0 Å². The van der Waals surface area contributed by atoms with Gasteiger partial charge in [0.1, 0.15) is 0 Å². The Hall–Kier alpha value is 0.114. The maximum absolute atomic E-state index is 7.75. The van der Waals surface area contributed by atoms with E-state index in [1.54, 1.807) is 0 Å². The molecule has 0 unspecified atom stereocenters. The molecule has 42 valence electrons. The molecule has 0 heterocycles. The fraction of sp³-hybridized carbons (Fsp3) is 0.200. The summed E-state index contributed by atoms with van der Waals surface area (Å²) >= 11 is 2.14. The second-order valence-corrected chi connectivity index (χ2v) is 2.33. The van der Waals surface area contributed by atoms with E-state index >= 15 is 0 Å². The van der Waals surface area contributed by atoms with Crippen molar-refractivity contribution in [2.45, 2.75) is 6.42 Å². The van der Waals surface area contributed by atoms with Crippen LogP contribution in [0.4, 0.5) is 0 Å². The molecule has 2 N–H and O–H groups in total. The molecule has 0 bridgehead atoms. The van der Waals surface area contributed by atoms with Gasteiger partial charge in [0.25, 0.3) is 0 Å². The first-order chi connectivity index (χ1) is 3.89. The molecule has 1 rings (SSSR count). The first kappa shape index (κ1) is 8.11. The van der Waals surface area contributed by atoms with E-state index in [0.29, 0.717) is 0 Å². The van der Waals surface area contributed by atoms with Crippen LogP contribution in [0.5, 0.6) is 0 Å². The average Bonchev–Trinajstić information content (AvgIpc) is 2.24. The van der Waals surface area contributed by atoms with E-state index in [-0.39, 0.29) is 0 Å². The second-order valence-electron chi connectivity index (χ2n) is 1.32. The summed E-state index contributed by atoms with van der Waals surface area (Å²) in [5.74, 6) is 3.25. The minimum absolute atomic E-state index is 1.17. The molecule has 0 aromatic rings. The molecule has 0 amide bonds. The molecule has 0 saturated heterocycles. The molecule has 1 radical (unpaired) electrons. The van der Waals surface area contributed by atoms with Gasteiger partial charge in [-0.25, -0.2) is 0 Å². The SMILES string of the molecule is N[O].[Ti][C]1=CC=CC1. The van der Waals surface area contributed by atoms with Crippen LogP contribution in [0.3, 0.4) is 0 Å². The van der Waals surface area contributed by atoms with E-state index in [0.717, 1.165) is 0 Å². The van der Waals surface area contributed by atoms with Crippen molar-refractivity contribution in [3.63, 3.8) is 0 Å². The molecule has 0 aromatic heterocycles. The summed E-state index contributed by atoms with van der Waals surface area (Å²) in [6.45, 7) is 0. The summed E-state index contributed by atoms with van der Waals surface area (Å²) in [6.07, 6.45) is 7.56. The molecule has 2 nitrogen and oxygen atoms in total. The van der Waals surface area contributed by atoms with Crippen LogP contribution in [-0.2, 0) is 25.6 Å². The summed E-state index contributed by atoms with van der Waals surface area (Å²) in [5, 5.41) is 7.75. The molecule has 0 spiro atoms. The molecule has 0 fully saturated rings. The quantitative estimate of drug-likeness (QED) is 0.395. The van der Waals surface area contributed by atoms with Crippen molar-refractivity contribution >= 4 is 0 Å². The van der Waals surface area contributed by atoms with Crippen LogP contribution in [0.15, 0.2) is 22.1 Å². The Morgan fingerprint density at radius 1 is 1.62 bits per heavy atom. The van der Waals surface area contributed by atoms with Gasteiger partial charge < -0.3 is 0 Å². The summed E-state index contributed by atoms with van der Waals surface area (Å²) in [6, 6.07) is 0. The third kappa shape index (κ3) is 3.16. The zero-order valence-electron chi connectivity index (χ0n) is 4.42. The predicted molar refractivity (Wildman–Crippen MR) is 26.7 cm³/mol. The van der Waals surface area contributed by atoms with E-state index in [2.05, 4.69) is 44.6 Å². The number of allylic oxidation sites excluding steroid dienone is 4. The zero-order chi connectivity index (χ0) is 6.41. The Morgan fingerprint density at radius 3 is 2.38 bits per heavy atom. The molecular formula is C5H7NOTi. The van der Waals surface area contributed by atoms with E-state index in [1.807, 2.05) is 0 Å². The zero-order valence-corrected chi connectivity index (χ0v) is 5.99. The fourth-order valence-corrected chi connectivity index (χ4v) is 0.782. The van der Waals surface area contributed by atoms with Gasteiger partial charge in [-0.3, -0.25) is 0 Å². The summed E-state index contributed by atoms with van der Waals surface area (Å²) < 4.78 is 1.47. The molecule has 0 aromatic carbocycles. The predicted octanol–water partition coefficient (Wildman–Crippen LogP) is 0.668. The molecule has 1 aliphatic rings. The molecule has 0 saturated carbocycles. The van der Waals surface area contributed by atoms with Crippen LogP contribution >= 0.6 is 0 Å². The second kappa shape index (κ2) is 5.25. The third-order valence-electron chi connectivity index (χ3n) is 0.771. The molecule has 0 atom stereocenters. The Morgan fingerprint density at radius 2 is 2.25 bits per heavy atom. The Balaban J connectivity index is 0.000000222. The monoisotopic (exact) mass is 145 g/mol. The van der Waals surface area contributed by atoms with Crippen LogP contribution in [-0.4, -0.2) is 0 Å². The number of nitrogens with two attached hydrogens (primary N) is 1. The van der Waals surface area contributed by atoms with Gasteiger partial charge in [0.15, 0.2) is 0 Å². The Kier molecular flexibility index (Phi) is 5.33. The van der Waals surface area contributed by atoms with Crippen molar-refractivity contribution in [3.05, 3.63) is 22.1 Å². The van der Waals surface area contributed by atoms with Gasteiger partial charge in [-0.05, 0) is 0 Å². The number of hydrogen-bond acceptors (Lipinski definition) is 1. The van der Waals surface area contributed by atoms with Gasteiger partial charge in [-0.2, -0.15) is 5.90 Å². The third-order valence-corrected chi connectivity index (χ3v) is 1.35. The Labute approximate surface area is 60.4 Å². The van der Waals surface area contributed by atoms with Crippen molar-refractivity contribution in [2.24, 2.45) is 5.90 Å². The van der Waals surface area contributed by atoms with Gasteiger partial charge in [-0.15, -0.1) is 5.21 Å². The van der Waals surface area contributed by atoms with Crippen LogP contribution in [0.25, 0.3) is 0 Å². The summed E-state index contributed by atoms with van der Waals surface area (Å²) in [7, 11) is 0. The van der Waals surface area contributed by atoms with E-state index in [4.69, 9.17) is 5.21 Å². The fourth-order valence-electron chi connectivity index (χ4n) is 0.447. The molecule has 0 aliphatic heterocycles. The molecule has 1 aliphatic carbocycles. The van der Waals surface area contributed by atoms with Crippen molar-refractivity contribution in [1.29, 1.82) is 0 Å². The van der Waals surface area contributed by atoms with Crippen LogP contribution in [0.1, 0.15) is 6.42 Å². The molecule has 3 heteroatoms. The topological polar surface area (TPSA) is 45.9 Å². The van der Waals surface area contributed by atoms with Gasteiger partial charge in [0.05, 0.1) is 0 Å². The van der Waals surface area contributed by atoms with Crippen LogP contribution < -0.4 is 5.90 Å². The van der Waals surface area contributed by atoms with Crippen molar-refractivity contribution < 1.29 is 25.6 Å². The standard InChI is InChI=1S/C5H5.H2NO.Ti/c1-2-4-5-3-1;1-2;/h1-3H,4H2;1H2;. The maximum atomic E-state index is 7.75. The van der Waals surface area contributed by atoms with E-state index < -0.39 is 0 Å². The van der Waals surface area contributed by atoms with Gasteiger partial charge >= 0.3 is 49.0 Å². The van der Waals surface area contributed by atoms with E-state index in [9.17, 15) is 0 Å². The molecule has 8 heavy (non-hydrogen) atoms. The van der Waals surface area contributed by atoms with Crippen molar-refractivity contribution in [3.8, 4) is 0 Å². The van der Waals surface area contributed by atoms with Crippen LogP contribution in [0, 0.1) is 0 Å². The van der Waals surface area contributed by atoms with Gasteiger partial charge in [0.2, 0.25) is 0 Å². The first-order valence-electron chi connectivity index (χ1n) is 2.20. The number of hydrogen-bond donors (Lipinski definition) is 1. The van der Waals surface area contributed by atoms with Crippen molar-refractivity contribution in [1.82, 2.24) is 0 Å². The first-order valence-corrected chi connectivity index (χ1v) is 2.98. The summed E-state index contributed by atoms with van der Waals surface area (Å²) in [4.78, 5) is 0. The number of rotatable bonds is 0. The Bertz CT molecular complexity index is 109. The van der Waals surface area contributed by atoms with Gasteiger partial charge in [-0.1, -0.05) is 0 Å². The van der Waals surface area contributed by atoms with Crippen molar-refractivity contribution in [2.75, 3.05) is 0 Å². The molecular weight excluding hydrogens is 138 g/mol. The average molecular weight is 145 g/mol.